The van der Waals surface area contributed by atoms with Gasteiger partial charge in [0.2, 0.25) is 5.78 Å². The molecule has 0 bridgehead atoms. The molecule has 0 saturated heterocycles. The van der Waals surface area contributed by atoms with Gasteiger partial charge < -0.3 is 22.0 Å². The Labute approximate surface area is 273 Å². The predicted molar refractivity (Wildman–Crippen MR) is 182 cm³/mol. The van der Waals surface area contributed by atoms with E-state index < -0.39 is 7.25 Å². The van der Waals surface area contributed by atoms with E-state index in [1.807, 2.05) is 36.0 Å². The summed E-state index contributed by atoms with van der Waals surface area (Å²) in [5.41, 5.74) is 3.22. The van der Waals surface area contributed by atoms with Crippen LogP contribution in [-0.4, -0.2) is 29.6 Å². The average Bonchev–Trinajstić information content (AvgIpc) is 2.78. The number of carbonyl (C=O) groups excluding carboxylic acids is 1. The quantitative estimate of drug-likeness (QED) is 0.102. The number of carbonyl (C=O) groups is 1. The van der Waals surface area contributed by atoms with Crippen molar-refractivity contribution in [1.82, 2.24) is 0 Å². The van der Waals surface area contributed by atoms with Crippen LogP contribution in [0.25, 0.3) is 6.08 Å². The Bertz CT molecular complexity index is 1340. The van der Waals surface area contributed by atoms with Crippen LogP contribution in [0.5, 0.6) is 0 Å². The number of ether oxygens (including phenoxy) is 1. The highest BCUT2D eigenvalue weighted by Crippen LogP contribution is 2.49. The lowest BCUT2D eigenvalue weighted by Gasteiger charge is -2.32. The zero-order valence-corrected chi connectivity index (χ0v) is 30.5. The summed E-state index contributed by atoms with van der Waals surface area (Å²) in [4.78, 5) is 16.1. The first-order valence-corrected chi connectivity index (χ1v) is 16.7. The Kier molecular flexibility index (Phi) is 12.1. The Morgan fingerprint density at radius 1 is 0.773 bits per heavy atom. The summed E-state index contributed by atoms with van der Waals surface area (Å²) < 4.78 is 51.0. The molecule has 2 heterocycles. The van der Waals surface area contributed by atoms with Crippen molar-refractivity contribution < 1.29 is 31.2 Å². The molecule has 3 rings (SSSR count). The molecule has 0 spiro atoms. The summed E-state index contributed by atoms with van der Waals surface area (Å²) in [6.45, 7) is 26.4. The first-order valence-electron chi connectivity index (χ1n) is 14.3. The molecule has 1 aliphatic carbocycles. The zero-order chi connectivity index (χ0) is 34.1. The molecule has 0 unspecified atom stereocenters. The highest BCUT2D eigenvalue weighted by Gasteiger charge is 2.35. The molecule has 2 aliphatic rings. The Morgan fingerprint density at radius 2 is 1.18 bits per heavy atom. The minimum absolute atomic E-state index is 0.000691. The van der Waals surface area contributed by atoms with Crippen molar-refractivity contribution in [3.05, 3.63) is 68.2 Å². The summed E-state index contributed by atoms with van der Waals surface area (Å²) >= 11 is 5.21. The fourth-order valence-electron chi connectivity index (χ4n) is 3.85. The molecule has 0 atom stereocenters. The number of methoxy groups -OCH3 is 1. The summed E-state index contributed by atoms with van der Waals surface area (Å²) in [7, 11) is -4.36. The van der Waals surface area contributed by atoms with Crippen LogP contribution in [0, 0.1) is 10.8 Å². The largest absolute Gasteiger partial charge is 0.673 e. The number of ketones is 1. The van der Waals surface area contributed by atoms with Gasteiger partial charge in [-0.25, -0.2) is 0 Å². The van der Waals surface area contributed by atoms with Crippen molar-refractivity contribution in [2.45, 2.75) is 103 Å². The van der Waals surface area contributed by atoms with Crippen LogP contribution in [0.4, 0.5) is 17.3 Å². The summed E-state index contributed by atoms with van der Waals surface area (Å²) in [6.07, 6.45) is 8.33. The van der Waals surface area contributed by atoms with Gasteiger partial charge in [-0.2, -0.15) is 4.42 Å². The summed E-state index contributed by atoms with van der Waals surface area (Å²) in [5.74, 6) is 0.641. The number of allylic oxidation sites excluding steroid dienone is 8. The Balaban J connectivity index is 0.00000125. The van der Waals surface area contributed by atoms with Gasteiger partial charge in [0.25, 0.3) is 0 Å². The van der Waals surface area contributed by atoms with E-state index in [2.05, 4.69) is 95.2 Å². The van der Waals surface area contributed by atoms with Crippen molar-refractivity contribution in [2.24, 2.45) is 10.8 Å². The van der Waals surface area contributed by atoms with Crippen LogP contribution in [0.15, 0.2) is 77.3 Å². The van der Waals surface area contributed by atoms with Crippen molar-refractivity contribution in [1.29, 1.82) is 0 Å². The lowest BCUT2D eigenvalue weighted by atomic mass is 9.84. The predicted octanol–water partition coefficient (Wildman–Crippen LogP) is 12.0. The zero-order valence-electron chi connectivity index (χ0n) is 28.0. The monoisotopic (exact) mass is 672 g/mol. The molecule has 1 aliphatic heterocycles. The van der Waals surface area contributed by atoms with E-state index >= 15 is 0 Å². The lowest BCUT2D eigenvalue weighted by Crippen LogP contribution is -2.22. The van der Waals surface area contributed by atoms with E-state index in [1.54, 1.807) is 30.6 Å². The Morgan fingerprint density at radius 3 is 1.52 bits per heavy atom. The minimum atomic E-state index is -6.00. The molecular formula is C33H45BF4O3S3. The molecule has 44 heavy (non-hydrogen) atoms. The van der Waals surface area contributed by atoms with E-state index in [0.717, 1.165) is 21.3 Å². The van der Waals surface area contributed by atoms with E-state index in [9.17, 15) is 22.1 Å². The van der Waals surface area contributed by atoms with Crippen molar-refractivity contribution >= 4 is 54.4 Å². The SMILES string of the molecule is COC1=C(C=C2C=C(C(C)(C)C)SC(C(C)(C)C)=C2)C(=O)/C1=C/c1cc(SC(C)(C)C)[o+]c(SC(C)(C)C)c1.F[B-](F)(F)F. The van der Waals surface area contributed by atoms with Crippen LogP contribution in [0.3, 0.4) is 0 Å². The molecule has 1 aromatic heterocycles. The van der Waals surface area contributed by atoms with Gasteiger partial charge in [0.1, 0.15) is 5.76 Å². The van der Waals surface area contributed by atoms with E-state index in [4.69, 9.17) is 9.15 Å². The van der Waals surface area contributed by atoms with Gasteiger partial charge in [0.05, 0.1) is 30.4 Å². The second-order valence-corrected chi connectivity index (χ2v) is 19.3. The summed E-state index contributed by atoms with van der Waals surface area (Å²) in [5, 5.41) is 1.67. The number of rotatable bonds is 5. The molecule has 11 heteroatoms. The molecule has 0 N–H and O–H groups in total. The first kappa shape index (κ1) is 38.3. The third kappa shape index (κ3) is 12.5. The van der Waals surface area contributed by atoms with E-state index in [1.165, 1.54) is 9.81 Å². The average molecular weight is 673 g/mol. The Hall–Kier alpha value is -1.85. The van der Waals surface area contributed by atoms with Crippen LogP contribution in [0.2, 0.25) is 0 Å². The third-order valence-electron chi connectivity index (χ3n) is 5.68. The number of thioether (sulfide) groups is 3. The maximum absolute atomic E-state index is 13.5. The number of halogens is 4. The van der Waals surface area contributed by atoms with E-state index in [0.29, 0.717) is 16.9 Å². The van der Waals surface area contributed by atoms with Crippen LogP contribution < -0.4 is 0 Å². The van der Waals surface area contributed by atoms with Gasteiger partial charge in [-0.15, -0.1) is 0 Å². The highest BCUT2D eigenvalue weighted by molar-refractivity contribution is 8.06. The van der Waals surface area contributed by atoms with Crippen molar-refractivity contribution in [2.75, 3.05) is 7.11 Å². The van der Waals surface area contributed by atoms with Crippen LogP contribution in [0.1, 0.15) is 88.6 Å². The second-order valence-electron chi connectivity index (χ2n) is 14.6. The normalized spacial score (nSPS) is 17.5. The number of Topliss-reactive ketones (excluding diaryl/α,β-unsaturated/α-hetero) is 1. The van der Waals surface area contributed by atoms with Gasteiger partial charge in [-0.3, -0.25) is 4.79 Å². The maximum atomic E-state index is 13.5. The van der Waals surface area contributed by atoms with Crippen molar-refractivity contribution in [3.8, 4) is 0 Å². The molecule has 0 amide bonds. The summed E-state index contributed by atoms with van der Waals surface area (Å²) in [6, 6.07) is 4.03. The van der Waals surface area contributed by atoms with E-state index in [-0.39, 0.29) is 26.1 Å². The minimum Gasteiger partial charge on any atom is -0.495 e. The molecule has 0 radical (unpaired) electrons. The van der Waals surface area contributed by atoms with Crippen LogP contribution in [-0.2, 0) is 9.53 Å². The molecule has 1 aromatic rings. The number of hydrogen-bond donors (Lipinski definition) is 0. The fourth-order valence-corrected chi connectivity index (χ4v) is 7.01. The molecule has 3 nitrogen and oxygen atoms in total. The lowest BCUT2D eigenvalue weighted by molar-refractivity contribution is -0.113. The third-order valence-corrected chi connectivity index (χ3v) is 9.61. The second kappa shape index (κ2) is 13.9. The van der Waals surface area contributed by atoms with Crippen molar-refractivity contribution in [3.63, 3.8) is 0 Å². The molecular weight excluding hydrogens is 627 g/mol. The van der Waals surface area contributed by atoms with Gasteiger partial charge in [-0.05, 0) is 79.6 Å². The van der Waals surface area contributed by atoms with Gasteiger partial charge in [-0.1, -0.05) is 94.8 Å². The smallest absolute Gasteiger partial charge is 0.495 e. The van der Waals surface area contributed by atoms with Crippen LogP contribution >= 0.6 is 35.3 Å². The maximum Gasteiger partial charge on any atom is 0.673 e. The fraction of sp³-hybridized carbons (Fsp3) is 0.515. The topological polar surface area (TPSA) is 37.6 Å². The first-order chi connectivity index (χ1) is 19.7. The highest BCUT2D eigenvalue weighted by atomic mass is 32.2. The van der Waals surface area contributed by atoms with Gasteiger partial charge in [0, 0.05) is 9.49 Å². The molecule has 244 valence electrons. The molecule has 0 aromatic carbocycles. The molecule has 0 saturated carbocycles. The molecule has 0 fully saturated rings. The number of hydrogen-bond acceptors (Lipinski definition) is 5. The van der Waals surface area contributed by atoms with Gasteiger partial charge in [0.15, 0.2) is 0 Å². The van der Waals surface area contributed by atoms with Gasteiger partial charge >= 0.3 is 17.4 Å². The standard InChI is InChI=1S/C33H45O3S3.BF4/c1-30(2,3)24-16-20(17-25(37-24)31(4,5)6)14-22-28(34)23(29(22)35-13)15-21-18-26(38-32(7,8)9)36-27(19-21)39-33(10,11)12;2-1(3,4)5/h14-19H,1-13H3;/q+1;-1/b23-15-;.